The summed E-state index contributed by atoms with van der Waals surface area (Å²) >= 11 is 3.20. The van der Waals surface area contributed by atoms with E-state index in [2.05, 4.69) is 20.5 Å². The number of carbonyl (C=O) groups excluding carboxylic acids is 1. The molecule has 0 radical (unpaired) electrons. The molecule has 1 aromatic carbocycles. The molecule has 0 atom stereocenters. The van der Waals surface area contributed by atoms with Crippen LogP contribution in [0.2, 0.25) is 0 Å². The van der Waals surface area contributed by atoms with E-state index < -0.39 is 0 Å². The number of fused-ring (bicyclic) bond motifs is 1. The third-order valence-electron chi connectivity index (χ3n) is 3.33. The van der Waals surface area contributed by atoms with Gasteiger partial charge in [0.05, 0.1) is 5.56 Å². The molecule has 0 fully saturated rings. The Kier molecular flexibility index (Phi) is 5.27. The van der Waals surface area contributed by atoms with Crippen LogP contribution in [0.15, 0.2) is 39.5 Å². The van der Waals surface area contributed by atoms with Gasteiger partial charge in [-0.2, -0.15) is 0 Å². The zero-order chi connectivity index (χ0) is 16.9. The van der Waals surface area contributed by atoms with Crippen LogP contribution >= 0.6 is 23.1 Å². The highest BCUT2D eigenvalue weighted by Gasteiger charge is 2.11. The third kappa shape index (κ3) is 4.01. The lowest BCUT2D eigenvalue weighted by Gasteiger charge is -2.07. The summed E-state index contributed by atoms with van der Waals surface area (Å²) in [4.78, 5) is 26.8. The van der Waals surface area contributed by atoms with Crippen LogP contribution in [-0.2, 0) is 0 Å². The maximum atomic E-state index is 12.4. The predicted molar refractivity (Wildman–Crippen MR) is 96.9 cm³/mol. The monoisotopic (exact) mass is 360 g/mol. The molecule has 6 nitrogen and oxygen atoms in total. The fourth-order valence-corrected chi connectivity index (χ4v) is 4.08. The summed E-state index contributed by atoms with van der Waals surface area (Å²) < 4.78 is 0.944. The summed E-state index contributed by atoms with van der Waals surface area (Å²) in [6, 6.07) is 8.63. The number of aryl methyl sites for hydroxylation is 1. The summed E-state index contributed by atoms with van der Waals surface area (Å²) in [6.07, 6.45) is 0.816. The number of nitrogens with one attached hydrogen (secondary N) is 2. The van der Waals surface area contributed by atoms with Crippen molar-refractivity contribution >= 4 is 39.9 Å². The number of aromatic nitrogens is 3. The molecule has 2 N–H and O–H groups in total. The van der Waals surface area contributed by atoms with Gasteiger partial charge in [-0.25, -0.2) is 0 Å². The van der Waals surface area contributed by atoms with Crippen molar-refractivity contribution in [1.82, 2.24) is 20.5 Å². The van der Waals surface area contributed by atoms with Crippen LogP contribution in [0.3, 0.4) is 0 Å². The fraction of sp³-hybridized carbons (Fsp3) is 0.250. The van der Waals surface area contributed by atoms with Gasteiger partial charge in [-0.3, -0.25) is 9.59 Å². The van der Waals surface area contributed by atoms with Gasteiger partial charge in [0.15, 0.2) is 4.34 Å². The van der Waals surface area contributed by atoms with Gasteiger partial charge in [-0.15, -0.1) is 10.2 Å². The summed E-state index contributed by atoms with van der Waals surface area (Å²) in [5.74, 6) is 0.624. The SMILES string of the molecule is Cc1nnc(SCCCNC(=O)c2cc(=O)[nH]c3ccccc23)s1. The van der Waals surface area contributed by atoms with Crippen molar-refractivity contribution in [3.05, 3.63) is 51.3 Å². The van der Waals surface area contributed by atoms with E-state index in [1.165, 1.54) is 6.07 Å². The lowest BCUT2D eigenvalue weighted by atomic mass is 10.1. The molecule has 2 aromatic heterocycles. The topological polar surface area (TPSA) is 87.7 Å². The number of H-pyrrole nitrogens is 1. The van der Waals surface area contributed by atoms with Gasteiger partial charge in [-0.05, 0) is 19.4 Å². The van der Waals surface area contributed by atoms with E-state index in [1.807, 2.05) is 25.1 Å². The van der Waals surface area contributed by atoms with Gasteiger partial charge in [-0.1, -0.05) is 41.3 Å². The standard InChI is InChI=1S/C16H16N4O2S2/c1-10-19-20-16(24-10)23-8-4-7-17-15(22)12-9-14(21)18-13-6-3-2-5-11(12)13/h2-3,5-6,9H,4,7-8H2,1H3,(H,17,22)(H,18,21). The molecule has 3 aromatic rings. The molecule has 0 unspecified atom stereocenters. The van der Waals surface area contributed by atoms with E-state index in [-0.39, 0.29) is 11.5 Å². The molecule has 8 heteroatoms. The minimum Gasteiger partial charge on any atom is -0.352 e. The van der Waals surface area contributed by atoms with E-state index in [4.69, 9.17) is 0 Å². The minimum absolute atomic E-state index is 0.228. The van der Waals surface area contributed by atoms with E-state index >= 15 is 0 Å². The average Bonchev–Trinajstić information content (AvgIpc) is 2.99. The highest BCUT2D eigenvalue weighted by atomic mass is 32.2. The number of amides is 1. The first kappa shape index (κ1) is 16.7. The van der Waals surface area contributed by atoms with Gasteiger partial charge < -0.3 is 10.3 Å². The third-order valence-corrected chi connectivity index (χ3v) is 5.39. The summed E-state index contributed by atoms with van der Waals surface area (Å²) in [5.41, 5.74) is 0.792. The summed E-state index contributed by atoms with van der Waals surface area (Å²) in [6.45, 7) is 2.47. The van der Waals surface area contributed by atoms with E-state index in [1.54, 1.807) is 29.2 Å². The molecule has 0 saturated heterocycles. The Bertz CT molecular complexity index is 920. The van der Waals surface area contributed by atoms with Gasteiger partial charge in [0, 0.05) is 29.3 Å². The number of thioether (sulfide) groups is 1. The predicted octanol–water partition coefficient (Wildman–Crippen LogP) is 2.60. The normalized spacial score (nSPS) is 10.9. The lowest BCUT2D eigenvalue weighted by Crippen LogP contribution is -2.26. The molecular weight excluding hydrogens is 344 g/mol. The van der Waals surface area contributed by atoms with Crippen LogP contribution in [-0.4, -0.2) is 33.4 Å². The molecule has 124 valence electrons. The van der Waals surface area contributed by atoms with E-state index in [9.17, 15) is 9.59 Å². The molecular formula is C16H16N4O2S2. The smallest absolute Gasteiger partial charge is 0.252 e. The van der Waals surface area contributed by atoms with Gasteiger partial charge in [0.1, 0.15) is 5.01 Å². The first-order valence-electron chi connectivity index (χ1n) is 7.46. The number of para-hydroxylation sites is 1. The van der Waals surface area contributed by atoms with Crippen molar-refractivity contribution < 1.29 is 4.79 Å². The van der Waals surface area contributed by atoms with Crippen molar-refractivity contribution in [2.24, 2.45) is 0 Å². The molecule has 1 amide bonds. The van der Waals surface area contributed by atoms with Crippen LogP contribution in [0.4, 0.5) is 0 Å². The van der Waals surface area contributed by atoms with Crippen molar-refractivity contribution in [2.75, 3.05) is 12.3 Å². The lowest BCUT2D eigenvalue weighted by molar-refractivity contribution is 0.0955. The highest BCUT2D eigenvalue weighted by molar-refractivity contribution is 8.01. The van der Waals surface area contributed by atoms with Crippen LogP contribution in [0.5, 0.6) is 0 Å². The highest BCUT2D eigenvalue weighted by Crippen LogP contribution is 2.22. The molecule has 0 bridgehead atoms. The molecule has 24 heavy (non-hydrogen) atoms. The second-order valence-electron chi connectivity index (χ2n) is 5.14. The fourth-order valence-electron chi connectivity index (χ4n) is 2.26. The number of pyridine rings is 1. The number of hydrogen-bond acceptors (Lipinski definition) is 6. The number of hydrogen-bond donors (Lipinski definition) is 2. The summed E-state index contributed by atoms with van der Waals surface area (Å²) in [5, 5.41) is 12.6. The first-order chi connectivity index (χ1) is 11.6. The Hall–Kier alpha value is -2.19. The Morgan fingerprint density at radius 1 is 1.33 bits per heavy atom. The molecule has 0 aliphatic carbocycles. The van der Waals surface area contributed by atoms with Gasteiger partial charge >= 0.3 is 0 Å². The number of carbonyl (C=O) groups is 1. The maximum absolute atomic E-state index is 12.4. The molecule has 3 rings (SSSR count). The Balaban J connectivity index is 1.56. The van der Waals surface area contributed by atoms with Crippen LogP contribution in [0.25, 0.3) is 10.9 Å². The first-order valence-corrected chi connectivity index (χ1v) is 9.27. The quantitative estimate of drug-likeness (QED) is 0.521. The number of aromatic amines is 1. The maximum Gasteiger partial charge on any atom is 0.252 e. The zero-order valence-corrected chi connectivity index (χ0v) is 14.7. The number of benzene rings is 1. The molecule has 0 aliphatic rings. The van der Waals surface area contributed by atoms with E-state index in [0.717, 1.165) is 26.9 Å². The van der Waals surface area contributed by atoms with Crippen molar-refractivity contribution in [1.29, 1.82) is 0 Å². The number of rotatable bonds is 6. The van der Waals surface area contributed by atoms with Gasteiger partial charge in [0.2, 0.25) is 5.56 Å². The van der Waals surface area contributed by atoms with E-state index in [0.29, 0.717) is 17.6 Å². The Labute approximate surface area is 146 Å². The number of nitrogens with zero attached hydrogens (tertiary/aromatic N) is 2. The Morgan fingerprint density at radius 2 is 2.17 bits per heavy atom. The van der Waals surface area contributed by atoms with Crippen molar-refractivity contribution in [2.45, 2.75) is 17.7 Å². The zero-order valence-electron chi connectivity index (χ0n) is 13.0. The molecule has 0 aliphatic heterocycles. The molecule has 0 saturated carbocycles. The minimum atomic E-state index is -0.277. The molecule has 0 spiro atoms. The van der Waals surface area contributed by atoms with Crippen molar-refractivity contribution in [3.63, 3.8) is 0 Å². The Morgan fingerprint density at radius 3 is 2.96 bits per heavy atom. The van der Waals surface area contributed by atoms with Gasteiger partial charge in [0.25, 0.3) is 5.91 Å². The second-order valence-corrected chi connectivity index (χ2v) is 7.66. The molecule has 2 heterocycles. The largest absolute Gasteiger partial charge is 0.352 e. The van der Waals surface area contributed by atoms with Crippen LogP contribution < -0.4 is 10.9 Å². The van der Waals surface area contributed by atoms with Crippen LogP contribution in [0.1, 0.15) is 21.8 Å². The second kappa shape index (κ2) is 7.59. The average molecular weight is 360 g/mol. The van der Waals surface area contributed by atoms with Crippen LogP contribution in [0, 0.1) is 6.92 Å². The van der Waals surface area contributed by atoms with Crippen molar-refractivity contribution in [3.8, 4) is 0 Å². The summed E-state index contributed by atoms with van der Waals surface area (Å²) in [7, 11) is 0.